The maximum atomic E-state index is 12.4. The Kier molecular flexibility index (Phi) is 6.40. The van der Waals surface area contributed by atoms with Gasteiger partial charge in [0, 0.05) is 52.0 Å². The number of rotatable bonds is 3. The molecule has 0 unspecified atom stereocenters. The van der Waals surface area contributed by atoms with Gasteiger partial charge in [0.2, 0.25) is 0 Å². The van der Waals surface area contributed by atoms with Crippen molar-refractivity contribution in [2.24, 2.45) is 5.92 Å². The monoisotopic (exact) mass is 385 g/mol. The first-order valence-electron chi connectivity index (χ1n) is 10.2. The van der Waals surface area contributed by atoms with Crippen molar-refractivity contribution in [1.29, 1.82) is 5.26 Å². The van der Waals surface area contributed by atoms with E-state index in [2.05, 4.69) is 20.9 Å². The first kappa shape index (κ1) is 20.4. The van der Waals surface area contributed by atoms with E-state index in [-0.39, 0.29) is 6.09 Å². The summed E-state index contributed by atoms with van der Waals surface area (Å²) in [5.41, 5.74) is 0.185. The fourth-order valence-corrected chi connectivity index (χ4v) is 3.95. The number of pyridine rings is 1. The van der Waals surface area contributed by atoms with Gasteiger partial charge in [0.1, 0.15) is 17.5 Å². The van der Waals surface area contributed by atoms with Gasteiger partial charge in [0.25, 0.3) is 0 Å². The number of piperazine rings is 1. The average molecular weight is 386 g/mol. The van der Waals surface area contributed by atoms with E-state index < -0.39 is 5.60 Å². The number of nitriles is 1. The van der Waals surface area contributed by atoms with Crippen LogP contribution >= 0.6 is 0 Å². The van der Waals surface area contributed by atoms with Crippen LogP contribution in [0.4, 0.5) is 10.6 Å². The molecule has 1 atom stereocenters. The summed E-state index contributed by atoms with van der Waals surface area (Å²) in [6, 6.07) is 5.86. The van der Waals surface area contributed by atoms with Crippen molar-refractivity contribution >= 4 is 11.9 Å². The number of amides is 1. The molecule has 7 nitrogen and oxygen atoms in total. The van der Waals surface area contributed by atoms with Gasteiger partial charge >= 0.3 is 6.09 Å². The maximum absolute atomic E-state index is 12.4. The zero-order valence-electron chi connectivity index (χ0n) is 17.2. The standard InChI is InChI=1S/C21H31N5O2/c1-21(2,3)28-20(27)26-9-5-6-17(16-26)15-24-10-12-25(13-11-24)19-18(14-22)7-4-8-23-19/h4,7-8,17H,5-6,9-13,15-16H2,1-3H3/t17-/m0/s1. The highest BCUT2D eigenvalue weighted by molar-refractivity contribution is 5.68. The predicted molar refractivity (Wildman–Crippen MR) is 108 cm³/mol. The fourth-order valence-electron chi connectivity index (χ4n) is 3.95. The molecule has 2 saturated heterocycles. The van der Waals surface area contributed by atoms with Crippen LogP contribution in [0.3, 0.4) is 0 Å². The van der Waals surface area contributed by atoms with Crippen molar-refractivity contribution in [3.8, 4) is 6.07 Å². The molecule has 3 rings (SSSR count). The number of anilines is 1. The zero-order chi connectivity index (χ0) is 20.1. The molecule has 2 aliphatic rings. The molecule has 1 amide bonds. The number of likely N-dealkylation sites (tertiary alicyclic amines) is 1. The molecule has 0 saturated carbocycles. The molecule has 1 aromatic rings. The van der Waals surface area contributed by atoms with Crippen LogP contribution in [0.25, 0.3) is 0 Å². The van der Waals surface area contributed by atoms with Crippen LogP contribution in [-0.4, -0.2) is 72.3 Å². The second-order valence-electron chi connectivity index (χ2n) is 8.71. The number of hydrogen-bond donors (Lipinski definition) is 0. The first-order valence-corrected chi connectivity index (χ1v) is 10.2. The number of carbonyl (C=O) groups is 1. The molecule has 2 aliphatic heterocycles. The van der Waals surface area contributed by atoms with E-state index in [1.54, 1.807) is 12.3 Å². The van der Waals surface area contributed by atoms with Gasteiger partial charge in [-0.1, -0.05) is 0 Å². The summed E-state index contributed by atoms with van der Waals surface area (Å²) in [6.45, 7) is 11.9. The van der Waals surface area contributed by atoms with Gasteiger partial charge in [-0.05, 0) is 51.7 Å². The van der Waals surface area contributed by atoms with Crippen molar-refractivity contribution in [1.82, 2.24) is 14.8 Å². The molecule has 0 N–H and O–H groups in total. The van der Waals surface area contributed by atoms with E-state index in [0.29, 0.717) is 11.5 Å². The van der Waals surface area contributed by atoms with Crippen molar-refractivity contribution in [2.45, 2.75) is 39.2 Å². The summed E-state index contributed by atoms with van der Waals surface area (Å²) in [4.78, 5) is 23.3. The smallest absolute Gasteiger partial charge is 0.410 e. The molecule has 7 heteroatoms. The van der Waals surface area contributed by atoms with Crippen molar-refractivity contribution < 1.29 is 9.53 Å². The molecule has 2 fully saturated rings. The van der Waals surface area contributed by atoms with Gasteiger partial charge in [-0.2, -0.15) is 5.26 Å². The molecule has 0 radical (unpaired) electrons. The Morgan fingerprint density at radius 1 is 1.29 bits per heavy atom. The summed E-state index contributed by atoms with van der Waals surface area (Å²) in [5.74, 6) is 1.27. The molecule has 1 aromatic heterocycles. The summed E-state index contributed by atoms with van der Waals surface area (Å²) < 4.78 is 5.53. The van der Waals surface area contributed by atoms with E-state index >= 15 is 0 Å². The van der Waals surface area contributed by atoms with Crippen LogP contribution in [-0.2, 0) is 4.74 Å². The van der Waals surface area contributed by atoms with Crippen LogP contribution in [0, 0.1) is 17.2 Å². The Labute approximate surface area is 167 Å². The number of nitrogens with zero attached hydrogens (tertiary/aromatic N) is 5. The Hall–Kier alpha value is -2.33. The van der Waals surface area contributed by atoms with Gasteiger partial charge in [-0.3, -0.25) is 4.90 Å². The number of ether oxygens (including phenoxy) is 1. The van der Waals surface area contributed by atoms with Crippen molar-refractivity contribution in [3.63, 3.8) is 0 Å². The minimum atomic E-state index is -0.450. The van der Waals surface area contributed by atoms with Gasteiger partial charge in [0.15, 0.2) is 0 Å². The second kappa shape index (κ2) is 8.78. The number of carbonyl (C=O) groups excluding carboxylic acids is 1. The van der Waals surface area contributed by atoms with Crippen molar-refractivity contribution in [3.05, 3.63) is 23.9 Å². The largest absolute Gasteiger partial charge is 0.444 e. The fraction of sp³-hybridized carbons (Fsp3) is 0.667. The Morgan fingerprint density at radius 2 is 2.04 bits per heavy atom. The van der Waals surface area contributed by atoms with Gasteiger partial charge in [-0.25, -0.2) is 9.78 Å². The number of piperidine rings is 1. The van der Waals surface area contributed by atoms with Crippen LogP contribution in [0.2, 0.25) is 0 Å². The van der Waals surface area contributed by atoms with E-state index in [0.717, 1.165) is 64.5 Å². The van der Waals surface area contributed by atoms with E-state index in [1.807, 2.05) is 31.7 Å². The van der Waals surface area contributed by atoms with Gasteiger partial charge in [0.05, 0.1) is 5.56 Å². The molecule has 0 spiro atoms. The highest BCUT2D eigenvalue weighted by Crippen LogP contribution is 2.22. The van der Waals surface area contributed by atoms with Gasteiger partial charge < -0.3 is 14.5 Å². The molecule has 0 aromatic carbocycles. The first-order chi connectivity index (χ1) is 13.4. The molecule has 0 bridgehead atoms. The molecule has 3 heterocycles. The lowest BCUT2D eigenvalue weighted by atomic mass is 9.97. The van der Waals surface area contributed by atoms with E-state index in [4.69, 9.17) is 4.74 Å². The number of hydrogen-bond acceptors (Lipinski definition) is 6. The van der Waals surface area contributed by atoms with E-state index in [9.17, 15) is 10.1 Å². The third-order valence-corrected chi connectivity index (χ3v) is 5.27. The lowest BCUT2D eigenvalue weighted by Crippen LogP contribution is -2.50. The molecular weight excluding hydrogens is 354 g/mol. The highest BCUT2D eigenvalue weighted by Gasteiger charge is 2.29. The lowest BCUT2D eigenvalue weighted by Gasteiger charge is -2.40. The quantitative estimate of drug-likeness (QED) is 0.797. The topological polar surface area (TPSA) is 72.7 Å². The maximum Gasteiger partial charge on any atom is 0.410 e. The SMILES string of the molecule is CC(C)(C)OC(=O)N1CCC[C@@H](CN2CCN(c3ncccc3C#N)CC2)C1. The zero-order valence-corrected chi connectivity index (χ0v) is 17.2. The van der Waals surface area contributed by atoms with E-state index in [1.165, 1.54) is 0 Å². The third-order valence-electron chi connectivity index (χ3n) is 5.27. The normalized spacial score (nSPS) is 21.3. The minimum absolute atomic E-state index is 0.193. The summed E-state index contributed by atoms with van der Waals surface area (Å²) in [7, 11) is 0. The summed E-state index contributed by atoms with van der Waals surface area (Å²) in [6.07, 6.45) is 3.73. The minimum Gasteiger partial charge on any atom is -0.444 e. The van der Waals surface area contributed by atoms with Crippen LogP contribution in [0.15, 0.2) is 18.3 Å². The molecule has 28 heavy (non-hydrogen) atoms. The lowest BCUT2D eigenvalue weighted by molar-refractivity contribution is 0.0143. The van der Waals surface area contributed by atoms with Gasteiger partial charge in [-0.15, -0.1) is 0 Å². The summed E-state index contributed by atoms with van der Waals surface area (Å²) in [5, 5.41) is 9.29. The van der Waals surface area contributed by atoms with Crippen molar-refractivity contribution in [2.75, 3.05) is 50.7 Å². The molecule has 0 aliphatic carbocycles. The Bertz CT molecular complexity index is 716. The average Bonchev–Trinajstić information content (AvgIpc) is 2.67. The molecule has 152 valence electrons. The Morgan fingerprint density at radius 3 is 2.71 bits per heavy atom. The molecular formula is C21H31N5O2. The Balaban J connectivity index is 1.49. The summed E-state index contributed by atoms with van der Waals surface area (Å²) >= 11 is 0. The number of aromatic nitrogens is 1. The second-order valence-corrected chi connectivity index (χ2v) is 8.71. The van der Waals surface area contributed by atoms with Crippen LogP contribution in [0.1, 0.15) is 39.2 Å². The van der Waals surface area contributed by atoms with Crippen LogP contribution < -0.4 is 4.90 Å². The highest BCUT2D eigenvalue weighted by atomic mass is 16.6. The predicted octanol–water partition coefficient (Wildman–Crippen LogP) is 2.72. The third kappa shape index (κ3) is 5.35. The van der Waals surface area contributed by atoms with Crippen LogP contribution in [0.5, 0.6) is 0 Å².